The molecule has 1 saturated carbocycles. The molecule has 2 fully saturated rings. The predicted octanol–water partition coefficient (Wildman–Crippen LogP) is 5.81. The van der Waals surface area contributed by atoms with Gasteiger partial charge >= 0.3 is 0 Å². The summed E-state index contributed by atoms with van der Waals surface area (Å²) in [5, 5.41) is 0. The second-order valence-electron chi connectivity index (χ2n) is 10.1. The number of hydrogen-bond acceptors (Lipinski definition) is 3. The van der Waals surface area contributed by atoms with E-state index in [0.717, 1.165) is 57.3 Å². The van der Waals surface area contributed by atoms with E-state index in [2.05, 4.69) is 52.7 Å². The Balaban J connectivity index is 1.80. The zero-order valence-electron chi connectivity index (χ0n) is 18.6. The highest BCUT2D eigenvalue weighted by molar-refractivity contribution is 4.94. The molecule has 0 bridgehead atoms. The lowest BCUT2D eigenvalue weighted by atomic mass is 9.66. The number of rotatable bonds is 10. The third kappa shape index (κ3) is 6.73. The number of nitrogens with zero attached hydrogens (tertiary/aromatic N) is 1. The topological polar surface area (TPSA) is 21.7 Å². The summed E-state index contributed by atoms with van der Waals surface area (Å²) in [6.07, 6.45) is 9.08. The van der Waals surface area contributed by atoms with Crippen LogP contribution in [0.2, 0.25) is 0 Å². The van der Waals surface area contributed by atoms with E-state index in [1.807, 2.05) is 6.08 Å². The molecule has 0 amide bonds. The Labute approximate surface area is 168 Å². The molecule has 1 spiro atoms. The average molecular weight is 378 g/mol. The summed E-state index contributed by atoms with van der Waals surface area (Å²) in [4.78, 5) is 2.38. The van der Waals surface area contributed by atoms with Crippen LogP contribution in [0.1, 0.15) is 73.1 Å². The summed E-state index contributed by atoms with van der Waals surface area (Å²) in [6.45, 7) is 23.1. The largest absolute Gasteiger partial charge is 0.347 e. The van der Waals surface area contributed by atoms with Crippen molar-refractivity contribution in [3.8, 4) is 0 Å². The van der Waals surface area contributed by atoms with Crippen molar-refractivity contribution in [3.05, 3.63) is 24.8 Å². The maximum Gasteiger partial charge on any atom is 0.168 e. The lowest BCUT2D eigenvalue weighted by Gasteiger charge is -2.43. The van der Waals surface area contributed by atoms with Gasteiger partial charge in [0, 0.05) is 32.5 Å². The van der Waals surface area contributed by atoms with Crippen molar-refractivity contribution in [2.75, 3.05) is 26.2 Å². The minimum Gasteiger partial charge on any atom is -0.347 e. The van der Waals surface area contributed by atoms with Gasteiger partial charge in [0.15, 0.2) is 5.79 Å². The van der Waals surface area contributed by atoms with Crippen LogP contribution >= 0.6 is 0 Å². The van der Waals surface area contributed by atoms with Crippen LogP contribution in [0.15, 0.2) is 24.8 Å². The van der Waals surface area contributed by atoms with Crippen molar-refractivity contribution < 1.29 is 9.47 Å². The van der Waals surface area contributed by atoms with Gasteiger partial charge in [0.1, 0.15) is 0 Å². The van der Waals surface area contributed by atoms with Crippen molar-refractivity contribution in [2.24, 2.45) is 17.3 Å². The molecule has 1 unspecified atom stereocenters. The summed E-state index contributed by atoms with van der Waals surface area (Å²) in [6, 6.07) is 0. The minimum absolute atomic E-state index is 0.225. The Morgan fingerprint density at radius 1 is 1.30 bits per heavy atom. The lowest BCUT2D eigenvalue weighted by Crippen LogP contribution is -2.40. The normalized spacial score (nSPS) is 29.0. The molecule has 0 radical (unpaired) electrons. The summed E-state index contributed by atoms with van der Waals surface area (Å²) in [5.41, 5.74) is 1.61. The molecular formula is C24H43NO2. The van der Waals surface area contributed by atoms with Gasteiger partial charge in [-0.3, -0.25) is 4.90 Å². The van der Waals surface area contributed by atoms with Gasteiger partial charge in [-0.1, -0.05) is 45.9 Å². The fourth-order valence-corrected chi connectivity index (χ4v) is 5.20. The quantitative estimate of drug-likeness (QED) is 0.448. The molecule has 1 aliphatic heterocycles. The molecule has 0 aromatic rings. The first-order chi connectivity index (χ1) is 12.7. The van der Waals surface area contributed by atoms with Crippen LogP contribution in [-0.4, -0.2) is 43.0 Å². The maximum atomic E-state index is 6.47. The molecule has 1 heterocycles. The second kappa shape index (κ2) is 9.71. The second-order valence-corrected chi connectivity index (χ2v) is 10.1. The standard InChI is InChI=1S/C24H43NO2/c1-8-14-25(17-20(4)5)15-11-22-18-26-24(27-22)12-9-21(10-13-24)23(6,7)16-19(2)3/h8,19,21-22H,1,4,9-18H2,2-3,5-7H3. The van der Waals surface area contributed by atoms with Crippen LogP contribution in [0.5, 0.6) is 0 Å². The molecule has 1 atom stereocenters. The van der Waals surface area contributed by atoms with Crippen LogP contribution in [0.25, 0.3) is 0 Å². The summed E-state index contributed by atoms with van der Waals surface area (Å²) in [7, 11) is 0. The smallest absolute Gasteiger partial charge is 0.168 e. The number of hydrogen-bond donors (Lipinski definition) is 0. The fourth-order valence-electron chi connectivity index (χ4n) is 5.20. The first kappa shape index (κ1) is 22.6. The Morgan fingerprint density at radius 2 is 1.96 bits per heavy atom. The molecule has 2 rings (SSSR count). The maximum absolute atomic E-state index is 6.47. The van der Waals surface area contributed by atoms with Gasteiger partial charge in [-0.15, -0.1) is 6.58 Å². The Bertz CT molecular complexity index is 489. The highest BCUT2D eigenvalue weighted by Gasteiger charge is 2.46. The van der Waals surface area contributed by atoms with Crippen LogP contribution in [-0.2, 0) is 9.47 Å². The molecule has 3 heteroatoms. The van der Waals surface area contributed by atoms with E-state index in [-0.39, 0.29) is 11.9 Å². The molecule has 0 N–H and O–H groups in total. The van der Waals surface area contributed by atoms with E-state index < -0.39 is 0 Å². The first-order valence-electron chi connectivity index (χ1n) is 11.0. The Hall–Kier alpha value is -0.640. The Morgan fingerprint density at radius 3 is 2.52 bits per heavy atom. The number of ether oxygens (including phenoxy) is 2. The third-order valence-electron chi connectivity index (χ3n) is 6.35. The third-order valence-corrected chi connectivity index (χ3v) is 6.35. The minimum atomic E-state index is -0.299. The van der Waals surface area contributed by atoms with Gasteiger partial charge in [0.05, 0.1) is 12.7 Å². The van der Waals surface area contributed by atoms with E-state index in [0.29, 0.717) is 5.41 Å². The van der Waals surface area contributed by atoms with Gasteiger partial charge in [-0.05, 0) is 49.9 Å². The van der Waals surface area contributed by atoms with Crippen LogP contribution in [0, 0.1) is 17.3 Å². The molecule has 2 aliphatic rings. The molecular weight excluding hydrogens is 334 g/mol. The summed E-state index contributed by atoms with van der Waals surface area (Å²) < 4.78 is 12.7. The monoisotopic (exact) mass is 377 g/mol. The summed E-state index contributed by atoms with van der Waals surface area (Å²) in [5.74, 6) is 1.25. The SMILES string of the molecule is C=CCN(CCC1COC2(CCC(C(C)(C)CC(C)C)CC2)O1)CC(=C)C. The van der Waals surface area contributed by atoms with Crippen molar-refractivity contribution >= 4 is 0 Å². The van der Waals surface area contributed by atoms with Gasteiger partial charge in [-0.25, -0.2) is 0 Å². The summed E-state index contributed by atoms with van der Waals surface area (Å²) >= 11 is 0. The van der Waals surface area contributed by atoms with Crippen molar-refractivity contribution in [1.82, 2.24) is 4.90 Å². The average Bonchev–Trinajstić information content (AvgIpc) is 2.94. The zero-order chi connectivity index (χ0) is 20.1. The van der Waals surface area contributed by atoms with E-state index in [1.54, 1.807) is 0 Å². The van der Waals surface area contributed by atoms with Crippen molar-refractivity contribution in [2.45, 2.75) is 85.0 Å². The van der Waals surface area contributed by atoms with E-state index >= 15 is 0 Å². The fraction of sp³-hybridized carbons (Fsp3) is 0.833. The molecule has 1 saturated heterocycles. The highest BCUT2D eigenvalue weighted by Crippen LogP contribution is 2.48. The molecule has 1 aliphatic carbocycles. The molecule has 0 aromatic carbocycles. The van der Waals surface area contributed by atoms with Gasteiger partial charge < -0.3 is 9.47 Å². The van der Waals surface area contributed by atoms with Crippen LogP contribution in [0.3, 0.4) is 0 Å². The van der Waals surface area contributed by atoms with E-state index in [1.165, 1.54) is 24.8 Å². The van der Waals surface area contributed by atoms with Crippen LogP contribution in [0.4, 0.5) is 0 Å². The zero-order valence-corrected chi connectivity index (χ0v) is 18.6. The molecule has 0 aromatic heterocycles. The molecule has 3 nitrogen and oxygen atoms in total. The highest BCUT2D eigenvalue weighted by atomic mass is 16.7. The first-order valence-corrected chi connectivity index (χ1v) is 11.0. The van der Waals surface area contributed by atoms with Crippen LogP contribution < -0.4 is 0 Å². The predicted molar refractivity (Wildman–Crippen MR) is 115 cm³/mol. The van der Waals surface area contributed by atoms with E-state index in [4.69, 9.17) is 9.47 Å². The van der Waals surface area contributed by atoms with Gasteiger partial charge in [0.2, 0.25) is 0 Å². The van der Waals surface area contributed by atoms with Crippen molar-refractivity contribution in [3.63, 3.8) is 0 Å². The Kier molecular flexibility index (Phi) is 8.15. The van der Waals surface area contributed by atoms with Gasteiger partial charge in [-0.2, -0.15) is 0 Å². The van der Waals surface area contributed by atoms with Gasteiger partial charge in [0.25, 0.3) is 0 Å². The van der Waals surface area contributed by atoms with E-state index in [9.17, 15) is 0 Å². The lowest BCUT2D eigenvalue weighted by molar-refractivity contribution is -0.198. The molecule has 27 heavy (non-hydrogen) atoms. The van der Waals surface area contributed by atoms with Crippen molar-refractivity contribution in [1.29, 1.82) is 0 Å². The molecule has 156 valence electrons.